The number of aromatic nitrogens is 1. The molecule has 0 saturated heterocycles. The Balaban J connectivity index is 2.25. The summed E-state index contributed by atoms with van der Waals surface area (Å²) >= 11 is 0. The summed E-state index contributed by atoms with van der Waals surface area (Å²) in [7, 11) is 1.72. The molecule has 1 aliphatic rings. The van der Waals surface area contributed by atoms with Crippen LogP contribution >= 0.6 is 0 Å². The van der Waals surface area contributed by atoms with E-state index in [1.165, 1.54) is 6.42 Å². The molecule has 1 aromatic heterocycles. The van der Waals surface area contributed by atoms with Crippen molar-refractivity contribution in [2.45, 2.75) is 52.0 Å². The fraction of sp³-hybridized carbons (Fsp3) is 0.667. The van der Waals surface area contributed by atoms with Crippen LogP contribution in [0.2, 0.25) is 0 Å². The Labute approximate surface area is 110 Å². The highest BCUT2D eigenvalue weighted by Gasteiger charge is 2.34. The molecule has 0 aliphatic heterocycles. The third-order valence-corrected chi connectivity index (χ3v) is 4.16. The molecule has 0 radical (unpaired) electrons. The predicted molar refractivity (Wildman–Crippen MR) is 73.9 cm³/mol. The first-order chi connectivity index (χ1) is 8.45. The van der Waals surface area contributed by atoms with Gasteiger partial charge in [0.25, 0.3) is 0 Å². The van der Waals surface area contributed by atoms with Gasteiger partial charge in [-0.25, -0.2) is 0 Å². The lowest BCUT2D eigenvalue weighted by molar-refractivity contribution is 0.397. The van der Waals surface area contributed by atoms with Crippen LogP contribution in [-0.4, -0.2) is 17.6 Å². The zero-order valence-corrected chi connectivity index (χ0v) is 11.9. The standard InChI is InChI=1S/C15H24N2O/c1-10-5-6-15(16,7-10)8-13-12(3)14(18-4)11(2)9-17-13/h9-10H,5-8,16H2,1-4H3. The number of nitrogens with zero attached hydrogens (tertiary/aromatic N) is 1. The Hall–Kier alpha value is -1.09. The van der Waals surface area contributed by atoms with Crippen molar-refractivity contribution in [3.05, 3.63) is 23.0 Å². The summed E-state index contributed by atoms with van der Waals surface area (Å²) in [5, 5.41) is 0. The number of rotatable bonds is 3. The molecule has 0 amide bonds. The fourth-order valence-corrected chi connectivity index (χ4v) is 3.18. The second kappa shape index (κ2) is 4.88. The van der Waals surface area contributed by atoms with Crippen molar-refractivity contribution in [3.8, 4) is 5.75 Å². The number of methoxy groups -OCH3 is 1. The van der Waals surface area contributed by atoms with E-state index >= 15 is 0 Å². The largest absolute Gasteiger partial charge is 0.496 e. The Morgan fingerprint density at radius 2 is 2.22 bits per heavy atom. The smallest absolute Gasteiger partial charge is 0.128 e. The zero-order chi connectivity index (χ0) is 13.3. The highest BCUT2D eigenvalue weighted by Crippen LogP contribution is 2.36. The average molecular weight is 248 g/mol. The van der Waals surface area contributed by atoms with Crippen molar-refractivity contribution in [2.75, 3.05) is 7.11 Å². The van der Waals surface area contributed by atoms with Gasteiger partial charge in [0.1, 0.15) is 5.75 Å². The van der Waals surface area contributed by atoms with Gasteiger partial charge in [-0.15, -0.1) is 0 Å². The van der Waals surface area contributed by atoms with Gasteiger partial charge in [-0.2, -0.15) is 0 Å². The van der Waals surface area contributed by atoms with Gasteiger partial charge >= 0.3 is 0 Å². The lowest BCUT2D eigenvalue weighted by Crippen LogP contribution is -2.39. The van der Waals surface area contributed by atoms with E-state index in [2.05, 4.69) is 18.8 Å². The van der Waals surface area contributed by atoms with Crippen molar-refractivity contribution >= 4 is 0 Å². The molecular formula is C15H24N2O. The van der Waals surface area contributed by atoms with Crippen molar-refractivity contribution in [2.24, 2.45) is 11.7 Å². The van der Waals surface area contributed by atoms with Gasteiger partial charge in [-0.1, -0.05) is 6.92 Å². The Morgan fingerprint density at radius 1 is 1.50 bits per heavy atom. The van der Waals surface area contributed by atoms with Gasteiger partial charge in [0.2, 0.25) is 0 Å². The number of ether oxygens (including phenoxy) is 1. The predicted octanol–water partition coefficient (Wildman–Crippen LogP) is 2.77. The molecular weight excluding hydrogens is 224 g/mol. The van der Waals surface area contributed by atoms with Crippen LogP contribution in [-0.2, 0) is 6.42 Å². The van der Waals surface area contributed by atoms with Crippen LogP contribution in [0.3, 0.4) is 0 Å². The maximum atomic E-state index is 6.50. The Morgan fingerprint density at radius 3 is 2.78 bits per heavy atom. The first kappa shape index (κ1) is 13.3. The maximum Gasteiger partial charge on any atom is 0.128 e. The van der Waals surface area contributed by atoms with E-state index in [9.17, 15) is 0 Å². The molecule has 1 fully saturated rings. The molecule has 0 aromatic carbocycles. The third-order valence-electron chi connectivity index (χ3n) is 4.16. The van der Waals surface area contributed by atoms with Gasteiger partial charge in [-0.05, 0) is 39.0 Å². The van der Waals surface area contributed by atoms with Crippen molar-refractivity contribution in [1.82, 2.24) is 4.98 Å². The first-order valence-corrected chi connectivity index (χ1v) is 6.73. The van der Waals surface area contributed by atoms with Gasteiger partial charge < -0.3 is 10.5 Å². The second-order valence-corrected chi connectivity index (χ2v) is 5.93. The normalized spacial score (nSPS) is 27.5. The van der Waals surface area contributed by atoms with E-state index in [-0.39, 0.29) is 5.54 Å². The number of hydrogen-bond donors (Lipinski definition) is 1. The number of pyridine rings is 1. The van der Waals surface area contributed by atoms with E-state index in [0.717, 1.165) is 47.8 Å². The van der Waals surface area contributed by atoms with Crippen LogP contribution < -0.4 is 10.5 Å². The van der Waals surface area contributed by atoms with Crippen LogP contribution in [0.25, 0.3) is 0 Å². The molecule has 3 nitrogen and oxygen atoms in total. The monoisotopic (exact) mass is 248 g/mol. The molecule has 1 aromatic rings. The molecule has 2 atom stereocenters. The minimum Gasteiger partial charge on any atom is -0.496 e. The average Bonchev–Trinajstić information content (AvgIpc) is 2.64. The molecule has 0 bridgehead atoms. The summed E-state index contributed by atoms with van der Waals surface area (Å²) in [6.45, 7) is 6.39. The van der Waals surface area contributed by atoms with E-state index in [4.69, 9.17) is 10.5 Å². The van der Waals surface area contributed by atoms with Crippen LogP contribution in [0.1, 0.15) is 43.0 Å². The fourth-order valence-electron chi connectivity index (χ4n) is 3.18. The quantitative estimate of drug-likeness (QED) is 0.894. The molecule has 1 heterocycles. The van der Waals surface area contributed by atoms with Crippen molar-refractivity contribution in [3.63, 3.8) is 0 Å². The van der Waals surface area contributed by atoms with Gasteiger partial charge in [0.05, 0.1) is 7.11 Å². The minimum absolute atomic E-state index is 0.0720. The molecule has 0 spiro atoms. The topological polar surface area (TPSA) is 48.1 Å². The summed E-state index contributed by atoms with van der Waals surface area (Å²) in [5.74, 6) is 1.69. The molecule has 2 N–H and O–H groups in total. The van der Waals surface area contributed by atoms with Crippen LogP contribution in [0.5, 0.6) is 5.75 Å². The van der Waals surface area contributed by atoms with E-state index in [0.29, 0.717) is 0 Å². The molecule has 1 aliphatic carbocycles. The lowest BCUT2D eigenvalue weighted by Gasteiger charge is -2.25. The van der Waals surface area contributed by atoms with Crippen LogP contribution in [0.4, 0.5) is 0 Å². The zero-order valence-electron chi connectivity index (χ0n) is 11.9. The first-order valence-electron chi connectivity index (χ1n) is 6.73. The lowest BCUT2D eigenvalue weighted by atomic mass is 9.90. The number of aryl methyl sites for hydroxylation is 1. The molecule has 2 rings (SSSR count). The molecule has 18 heavy (non-hydrogen) atoms. The Kier molecular flexibility index (Phi) is 3.62. The number of nitrogens with two attached hydrogens (primary N) is 1. The highest BCUT2D eigenvalue weighted by atomic mass is 16.5. The van der Waals surface area contributed by atoms with Gasteiger partial charge in [0.15, 0.2) is 0 Å². The Bertz CT molecular complexity index is 444. The van der Waals surface area contributed by atoms with Crippen molar-refractivity contribution in [1.29, 1.82) is 0 Å². The van der Waals surface area contributed by atoms with E-state index in [1.54, 1.807) is 7.11 Å². The summed E-state index contributed by atoms with van der Waals surface area (Å²) < 4.78 is 5.45. The van der Waals surface area contributed by atoms with Gasteiger partial charge in [-0.3, -0.25) is 4.98 Å². The second-order valence-electron chi connectivity index (χ2n) is 5.93. The maximum absolute atomic E-state index is 6.50. The highest BCUT2D eigenvalue weighted by molar-refractivity contribution is 5.41. The van der Waals surface area contributed by atoms with Crippen LogP contribution in [0, 0.1) is 19.8 Å². The summed E-state index contributed by atoms with van der Waals surface area (Å²) in [5.41, 5.74) is 9.75. The summed E-state index contributed by atoms with van der Waals surface area (Å²) in [6.07, 6.45) is 6.19. The molecule has 1 saturated carbocycles. The molecule has 100 valence electrons. The molecule has 2 unspecified atom stereocenters. The van der Waals surface area contributed by atoms with Gasteiger partial charge in [0, 0.05) is 35.0 Å². The molecule has 3 heteroatoms. The number of hydrogen-bond acceptors (Lipinski definition) is 3. The summed E-state index contributed by atoms with van der Waals surface area (Å²) in [6, 6.07) is 0. The summed E-state index contributed by atoms with van der Waals surface area (Å²) in [4.78, 5) is 4.56. The van der Waals surface area contributed by atoms with E-state index < -0.39 is 0 Å². The SMILES string of the molecule is COc1c(C)cnc(CC2(N)CCC(C)C2)c1C. The third kappa shape index (κ3) is 2.51. The van der Waals surface area contributed by atoms with Crippen LogP contribution in [0.15, 0.2) is 6.20 Å². The van der Waals surface area contributed by atoms with E-state index in [1.807, 2.05) is 13.1 Å². The van der Waals surface area contributed by atoms with Crippen molar-refractivity contribution < 1.29 is 4.74 Å². The minimum atomic E-state index is -0.0720.